The molecule has 5 atom stereocenters. The van der Waals surface area contributed by atoms with Gasteiger partial charge in [0.2, 0.25) is 11.8 Å². The first-order chi connectivity index (χ1) is 28.5. The molecule has 4 heterocycles. The minimum absolute atomic E-state index is 0.0699. The van der Waals surface area contributed by atoms with Crippen molar-refractivity contribution >= 4 is 42.4 Å². The molecule has 1 N–H and O–H groups in total. The summed E-state index contributed by atoms with van der Waals surface area (Å²) >= 11 is 0. The van der Waals surface area contributed by atoms with Gasteiger partial charge < -0.3 is 34.0 Å². The molecule has 3 amide bonds. The molecular formula is C48H57N3O7Si. The molecule has 10 nitrogen and oxygen atoms in total. The van der Waals surface area contributed by atoms with Crippen molar-refractivity contribution in [1.82, 2.24) is 4.90 Å². The van der Waals surface area contributed by atoms with E-state index < -0.39 is 19.8 Å². The maximum atomic E-state index is 15.6. The molecular weight excluding hydrogens is 759 g/mol. The van der Waals surface area contributed by atoms with Gasteiger partial charge in [-0.25, -0.2) is 0 Å². The molecule has 310 valence electrons. The van der Waals surface area contributed by atoms with Gasteiger partial charge in [-0.1, -0.05) is 86.6 Å². The lowest BCUT2D eigenvalue weighted by atomic mass is 9.82. The monoisotopic (exact) mass is 815 g/mol. The Balaban J connectivity index is 1.18. The summed E-state index contributed by atoms with van der Waals surface area (Å²) in [5.74, 6) is 0.930. The fourth-order valence-corrected chi connectivity index (χ4v) is 14.6. The fraction of sp³-hybridized carbons (Fsp3) is 0.438. The van der Waals surface area contributed by atoms with E-state index in [9.17, 15) is 14.7 Å². The Labute approximate surface area is 349 Å². The minimum Gasteiger partial charge on any atom is -0.497 e. The Morgan fingerprint density at radius 3 is 2.36 bits per heavy atom. The van der Waals surface area contributed by atoms with Crippen molar-refractivity contribution in [3.05, 3.63) is 113 Å². The van der Waals surface area contributed by atoms with E-state index in [1.54, 1.807) is 14.2 Å². The van der Waals surface area contributed by atoms with Gasteiger partial charge in [-0.2, -0.15) is 0 Å². The highest BCUT2D eigenvalue weighted by Crippen LogP contribution is 2.60. The van der Waals surface area contributed by atoms with Crippen LogP contribution in [0.2, 0.25) is 18.6 Å². The van der Waals surface area contributed by atoms with Gasteiger partial charge in [0.15, 0.2) is 5.60 Å². The number of ether oxygens (including phenoxy) is 3. The number of anilines is 2. The van der Waals surface area contributed by atoms with Crippen LogP contribution in [-0.2, 0) is 44.2 Å². The first-order valence-corrected chi connectivity index (χ1v) is 24.3. The van der Waals surface area contributed by atoms with Crippen LogP contribution in [0.15, 0.2) is 91.0 Å². The van der Waals surface area contributed by atoms with Crippen molar-refractivity contribution in [3.8, 4) is 11.5 Å². The second-order valence-electron chi connectivity index (χ2n) is 17.3. The first kappa shape index (κ1) is 40.8. The summed E-state index contributed by atoms with van der Waals surface area (Å²) < 4.78 is 18.7. The maximum absolute atomic E-state index is 15.6. The average molecular weight is 816 g/mol. The summed E-state index contributed by atoms with van der Waals surface area (Å²) in [6.07, 6.45) is 4.63. The topological polar surface area (TPSA) is 109 Å². The van der Waals surface area contributed by atoms with Crippen LogP contribution in [0.1, 0.15) is 67.7 Å². The Hall–Kier alpha value is -4.97. The zero-order chi connectivity index (χ0) is 41.5. The van der Waals surface area contributed by atoms with Gasteiger partial charge in [0.05, 0.1) is 59.7 Å². The number of nitrogens with zero attached hydrogens (tertiary/aromatic N) is 3. The molecule has 11 heteroatoms. The number of hydrogen-bond donors (Lipinski definition) is 1. The van der Waals surface area contributed by atoms with Crippen molar-refractivity contribution in [2.75, 3.05) is 37.2 Å². The number of methoxy groups -OCH3 is 2. The molecule has 59 heavy (non-hydrogen) atoms. The van der Waals surface area contributed by atoms with E-state index in [2.05, 4.69) is 38.2 Å². The van der Waals surface area contributed by atoms with Gasteiger partial charge in [0.25, 0.3) is 5.91 Å². The number of fused-ring (bicyclic) bond motifs is 3. The van der Waals surface area contributed by atoms with Crippen LogP contribution < -0.4 is 24.5 Å². The number of rotatable bonds is 10. The Kier molecular flexibility index (Phi) is 11.5. The van der Waals surface area contributed by atoms with E-state index in [-0.39, 0.29) is 54.8 Å². The third-order valence-electron chi connectivity index (χ3n) is 13.7. The van der Waals surface area contributed by atoms with E-state index in [1.165, 1.54) is 5.19 Å². The Morgan fingerprint density at radius 1 is 0.881 bits per heavy atom. The molecule has 4 aliphatic rings. The Morgan fingerprint density at radius 2 is 1.61 bits per heavy atom. The largest absolute Gasteiger partial charge is 0.497 e. The highest BCUT2D eigenvalue weighted by Gasteiger charge is 2.66. The van der Waals surface area contributed by atoms with Gasteiger partial charge in [-0.05, 0) is 84.0 Å². The fourth-order valence-electron chi connectivity index (χ4n) is 10.5. The maximum Gasteiger partial charge on any atom is 0.264 e. The van der Waals surface area contributed by atoms with E-state index in [1.807, 2.05) is 87.5 Å². The zero-order valence-electron chi connectivity index (χ0n) is 35.0. The summed E-state index contributed by atoms with van der Waals surface area (Å²) in [7, 11) is 0.728. The first-order valence-electron chi connectivity index (χ1n) is 21.2. The summed E-state index contributed by atoms with van der Waals surface area (Å²) in [6.45, 7) is 7.97. The summed E-state index contributed by atoms with van der Waals surface area (Å²) in [5.41, 5.74) is 3.92. The minimum atomic E-state index is -2.55. The highest BCUT2D eigenvalue weighted by atomic mass is 28.3. The van der Waals surface area contributed by atoms with E-state index in [0.29, 0.717) is 31.7 Å². The van der Waals surface area contributed by atoms with Gasteiger partial charge in [0.1, 0.15) is 11.5 Å². The SMILES string of the molecule is COc1ccc([Si](C)(C)[C@H]2[C@H](CC(=O)N3Cc4ccccc4C[C@H]3CO)O[C@@]3(C(=O)N(Cc4cccc(N5CCCCCCC5=O)c4)c4ccc(OC)cc43)[C@@H]2C)cc1. The number of benzene rings is 4. The second kappa shape index (κ2) is 16.6. The molecule has 4 aliphatic heterocycles. The third-order valence-corrected chi connectivity index (χ3v) is 18.1. The molecule has 2 saturated heterocycles. The van der Waals surface area contributed by atoms with Crippen LogP contribution in [0.25, 0.3) is 0 Å². The van der Waals surface area contributed by atoms with Gasteiger partial charge in [-0.15, -0.1) is 0 Å². The molecule has 0 saturated carbocycles. The number of hydrogen-bond acceptors (Lipinski definition) is 7. The van der Waals surface area contributed by atoms with Crippen LogP contribution in [0.3, 0.4) is 0 Å². The summed E-state index contributed by atoms with van der Waals surface area (Å²) in [4.78, 5) is 49.0. The van der Waals surface area contributed by atoms with Gasteiger partial charge >= 0.3 is 0 Å². The standard InChI is InChI=1S/C48H57N3O7Si/c1-32-46(59(4,5)40-21-18-38(56-2)19-22-40)43(28-45(54)50-30-35-15-10-9-14-34(35)26-37(50)31-52)58-48(32)41-27-39(57-3)20-23-42(41)51(47(48)55)29-33-13-12-16-36(25-33)49-24-11-7-6-8-17-44(49)53/h9-10,12-16,18-23,25,27,32,37,43,46,52H,6-8,11,17,24,26,28-31H2,1-5H3/t32-,37+,43+,46-,48+/m1/s1. The van der Waals surface area contributed by atoms with Crippen molar-refractivity contribution < 1.29 is 33.7 Å². The van der Waals surface area contributed by atoms with Gasteiger partial charge in [0, 0.05) is 36.7 Å². The van der Waals surface area contributed by atoms with Gasteiger partial charge in [-0.3, -0.25) is 14.4 Å². The molecule has 1 spiro atoms. The van der Waals surface area contributed by atoms with E-state index >= 15 is 4.79 Å². The van der Waals surface area contributed by atoms with E-state index in [0.717, 1.165) is 65.1 Å². The van der Waals surface area contributed by atoms with Crippen molar-refractivity contribution in [1.29, 1.82) is 0 Å². The lowest BCUT2D eigenvalue weighted by molar-refractivity contribution is -0.151. The average Bonchev–Trinajstić information content (AvgIpc) is 3.67. The second-order valence-corrected chi connectivity index (χ2v) is 22.0. The number of carbonyl (C=O) groups excluding carboxylic acids is 3. The van der Waals surface area contributed by atoms with Crippen LogP contribution in [-0.4, -0.2) is 75.3 Å². The molecule has 0 aliphatic carbocycles. The molecule has 2 fully saturated rings. The third kappa shape index (κ3) is 7.35. The lowest BCUT2D eigenvalue weighted by Gasteiger charge is -2.39. The van der Waals surface area contributed by atoms with Crippen LogP contribution in [0.4, 0.5) is 11.4 Å². The zero-order valence-corrected chi connectivity index (χ0v) is 36.0. The van der Waals surface area contributed by atoms with Crippen molar-refractivity contribution in [3.63, 3.8) is 0 Å². The molecule has 0 unspecified atom stereocenters. The number of amides is 3. The molecule has 4 aromatic carbocycles. The smallest absolute Gasteiger partial charge is 0.264 e. The van der Waals surface area contributed by atoms with Crippen molar-refractivity contribution in [2.45, 2.75) is 101 Å². The normalized spacial score (nSPS) is 24.5. The number of carbonyl (C=O) groups is 3. The number of aliphatic hydroxyl groups is 1. The lowest BCUT2D eigenvalue weighted by Crippen LogP contribution is -2.52. The van der Waals surface area contributed by atoms with E-state index in [4.69, 9.17) is 14.2 Å². The van der Waals surface area contributed by atoms with Crippen LogP contribution >= 0.6 is 0 Å². The molecule has 0 bridgehead atoms. The molecule has 0 radical (unpaired) electrons. The summed E-state index contributed by atoms with van der Waals surface area (Å²) in [5, 5.41) is 11.7. The Bertz CT molecular complexity index is 2210. The predicted octanol–water partition coefficient (Wildman–Crippen LogP) is 7.10. The molecule has 8 rings (SSSR count). The van der Waals surface area contributed by atoms with Crippen LogP contribution in [0.5, 0.6) is 11.5 Å². The molecule has 4 aromatic rings. The summed E-state index contributed by atoms with van der Waals surface area (Å²) in [6, 6.07) is 29.7. The van der Waals surface area contributed by atoms with Crippen molar-refractivity contribution in [2.24, 2.45) is 5.92 Å². The highest BCUT2D eigenvalue weighted by molar-refractivity contribution is 6.91. The molecule has 0 aromatic heterocycles. The predicted molar refractivity (Wildman–Crippen MR) is 232 cm³/mol. The number of aliphatic hydroxyl groups excluding tert-OH is 1. The van der Waals surface area contributed by atoms with Crippen LogP contribution in [0, 0.1) is 5.92 Å². The quantitative estimate of drug-likeness (QED) is 0.170.